The molecule has 0 aliphatic carbocycles. The van der Waals surface area contributed by atoms with Crippen LogP contribution in [0.25, 0.3) is 0 Å². The minimum Gasteiger partial charge on any atom is -0.333 e. The molecule has 0 aromatic carbocycles. The first-order chi connectivity index (χ1) is 8.76. The largest absolute Gasteiger partial charge is 0.333 e. The molecule has 0 spiro atoms. The van der Waals surface area contributed by atoms with Gasteiger partial charge in [-0.05, 0) is 32.9 Å². The Hall–Kier alpha value is -1.43. The first kappa shape index (κ1) is 13.0. The Balaban J connectivity index is 2.08. The molecule has 2 rings (SSSR count). The number of carbonyl (C=O) groups is 1. The maximum absolute atomic E-state index is 12.4. The van der Waals surface area contributed by atoms with Crippen molar-refractivity contribution in [1.82, 2.24) is 25.4 Å². The van der Waals surface area contributed by atoms with Gasteiger partial charge in [-0.25, -0.2) is 4.98 Å². The highest BCUT2D eigenvalue weighted by molar-refractivity contribution is 5.90. The Kier molecular flexibility index (Phi) is 4.30. The predicted molar refractivity (Wildman–Crippen MR) is 68.4 cm³/mol. The average Bonchev–Trinajstić information content (AvgIpc) is 2.89. The molecule has 0 radical (unpaired) electrons. The predicted octanol–water partition coefficient (Wildman–Crippen LogP) is 0.581. The van der Waals surface area contributed by atoms with E-state index in [0.29, 0.717) is 18.4 Å². The van der Waals surface area contributed by atoms with Crippen LogP contribution in [0.4, 0.5) is 0 Å². The summed E-state index contributed by atoms with van der Waals surface area (Å²) in [5, 5.41) is 10.1. The van der Waals surface area contributed by atoms with Gasteiger partial charge in [0.05, 0.1) is 0 Å². The summed E-state index contributed by atoms with van der Waals surface area (Å²) >= 11 is 0. The zero-order valence-corrected chi connectivity index (χ0v) is 11.1. The number of aryl methyl sites for hydroxylation is 1. The molecule has 1 aromatic rings. The van der Waals surface area contributed by atoms with Gasteiger partial charge in [-0.15, -0.1) is 5.10 Å². The van der Waals surface area contributed by atoms with Crippen LogP contribution < -0.4 is 5.32 Å². The van der Waals surface area contributed by atoms with Crippen LogP contribution in [0.2, 0.25) is 0 Å². The molecule has 1 fully saturated rings. The zero-order chi connectivity index (χ0) is 13.0. The van der Waals surface area contributed by atoms with Crippen LogP contribution in [0.15, 0.2) is 0 Å². The third-order valence-corrected chi connectivity index (χ3v) is 3.41. The lowest BCUT2D eigenvalue weighted by atomic mass is 10.0. The Morgan fingerprint density at radius 1 is 1.39 bits per heavy atom. The highest BCUT2D eigenvalue weighted by Crippen LogP contribution is 2.14. The van der Waals surface area contributed by atoms with Crippen molar-refractivity contribution in [2.24, 2.45) is 0 Å². The molecule has 1 saturated heterocycles. The Morgan fingerprint density at radius 2 is 2.11 bits per heavy atom. The van der Waals surface area contributed by atoms with Crippen molar-refractivity contribution in [3.05, 3.63) is 11.6 Å². The summed E-state index contributed by atoms with van der Waals surface area (Å²) < 4.78 is 0. The van der Waals surface area contributed by atoms with Crippen LogP contribution in [0, 0.1) is 0 Å². The van der Waals surface area contributed by atoms with Gasteiger partial charge in [-0.3, -0.25) is 9.89 Å². The summed E-state index contributed by atoms with van der Waals surface area (Å²) in [6.07, 6.45) is 2.77. The summed E-state index contributed by atoms with van der Waals surface area (Å²) in [6, 6.07) is 0.312. The van der Waals surface area contributed by atoms with E-state index in [9.17, 15) is 4.79 Å². The highest BCUT2D eigenvalue weighted by atomic mass is 16.2. The fourth-order valence-electron chi connectivity index (χ4n) is 2.36. The van der Waals surface area contributed by atoms with Crippen LogP contribution in [-0.2, 0) is 6.42 Å². The summed E-state index contributed by atoms with van der Waals surface area (Å²) in [6.45, 7) is 6.65. The van der Waals surface area contributed by atoms with Crippen molar-refractivity contribution in [2.75, 3.05) is 19.6 Å². The van der Waals surface area contributed by atoms with Gasteiger partial charge in [0.1, 0.15) is 5.82 Å². The van der Waals surface area contributed by atoms with E-state index in [2.05, 4.69) is 20.5 Å². The molecule has 18 heavy (non-hydrogen) atoms. The van der Waals surface area contributed by atoms with E-state index in [1.807, 2.05) is 18.7 Å². The summed E-state index contributed by atoms with van der Waals surface area (Å²) in [5.41, 5.74) is 0. The standard InChI is InChI=1S/C12H21N5O/c1-3-10-14-11(16-15-10)12(18)17(4-2)9-5-7-13-8-6-9/h9,13H,3-8H2,1-2H3,(H,14,15,16). The molecule has 2 N–H and O–H groups in total. The lowest BCUT2D eigenvalue weighted by Gasteiger charge is -2.33. The number of rotatable bonds is 4. The lowest BCUT2D eigenvalue weighted by Crippen LogP contribution is -2.46. The number of nitrogens with one attached hydrogen (secondary N) is 2. The molecule has 0 unspecified atom stereocenters. The first-order valence-electron chi connectivity index (χ1n) is 6.69. The van der Waals surface area contributed by atoms with Gasteiger partial charge < -0.3 is 10.2 Å². The van der Waals surface area contributed by atoms with Crippen molar-refractivity contribution in [1.29, 1.82) is 0 Å². The summed E-state index contributed by atoms with van der Waals surface area (Å²) in [5.74, 6) is 1.01. The minimum atomic E-state index is -0.0552. The topological polar surface area (TPSA) is 73.9 Å². The van der Waals surface area contributed by atoms with Gasteiger partial charge >= 0.3 is 0 Å². The van der Waals surface area contributed by atoms with Crippen LogP contribution >= 0.6 is 0 Å². The van der Waals surface area contributed by atoms with Gasteiger partial charge in [0.15, 0.2) is 0 Å². The Labute approximate surface area is 107 Å². The molecule has 0 saturated carbocycles. The number of nitrogens with zero attached hydrogens (tertiary/aromatic N) is 3. The Morgan fingerprint density at radius 3 is 2.67 bits per heavy atom. The highest BCUT2D eigenvalue weighted by Gasteiger charge is 2.27. The monoisotopic (exact) mass is 251 g/mol. The number of amides is 1. The molecular weight excluding hydrogens is 230 g/mol. The maximum atomic E-state index is 12.4. The third kappa shape index (κ3) is 2.69. The van der Waals surface area contributed by atoms with Crippen molar-refractivity contribution in [3.8, 4) is 0 Å². The molecule has 1 amide bonds. The van der Waals surface area contributed by atoms with Crippen LogP contribution in [0.1, 0.15) is 43.1 Å². The fourth-order valence-corrected chi connectivity index (χ4v) is 2.36. The molecule has 2 heterocycles. The second-order valence-electron chi connectivity index (χ2n) is 4.53. The number of carbonyl (C=O) groups excluding carboxylic acids is 1. The number of hydrogen-bond donors (Lipinski definition) is 2. The van der Waals surface area contributed by atoms with E-state index < -0.39 is 0 Å². The van der Waals surface area contributed by atoms with E-state index in [-0.39, 0.29) is 5.91 Å². The first-order valence-corrected chi connectivity index (χ1v) is 6.69. The lowest BCUT2D eigenvalue weighted by molar-refractivity contribution is 0.0644. The molecular formula is C12H21N5O. The van der Waals surface area contributed by atoms with Gasteiger partial charge in [0, 0.05) is 19.0 Å². The number of H-pyrrole nitrogens is 1. The molecule has 1 aliphatic rings. The Bertz CT molecular complexity index is 397. The summed E-state index contributed by atoms with van der Waals surface area (Å²) in [4.78, 5) is 18.5. The smallest absolute Gasteiger partial charge is 0.293 e. The van der Waals surface area contributed by atoms with E-state index in [0.717, 1.165) is 38.2 Å². The van der Waals surface area contributed by atoms with Gasteiger partial charge in [0.25, 0.3) is 5.91 Å². The van der Waals surface area contributed by atoms with Crippen LogP contribution in [0.5, 0.6) is 0 Å². The number of aromatic nitrogens is 3. The van der Waals surface area contributed by atoms with E-state index in [1.54, 1.807) is 0 Å². The van der Waals surface area contributed by atoms with Gasteiger partial charge in [-0.2, -0.15) is 0 Å². The molecule has 100 valence electrons. The van der Waals surface area contributed by atoms with Crippen LogP contribution in [0.3, 0.4) is 0 Å². The normalized spacial score (nSPS) is 16.8. The van der Waals surface area contributed by atoms with E-state index >= 15 is 0 Å². The third-order valence-electron chi connectivity index (χ3n) is 3.41. The molecule has 1 aliphatic heterocycles. The second-order valence-corrected chi connectivity index (χ2v) is 4.53. The maximum Gasteiger partial charge on any atom is 0.293 e. The fraction of sp³-hybridized carbons (Fsp3) is 0.750. The van der Waals surface area contributed by atoms with Crippen LogP contribution in [-0.4, -0.2) is 51.7 Å². The van der Waals surface area contributed by atoms with Crippen molar-refractivity contribution in [2.45, 2.75) is 39.2 Å². The van der Waals surface area contributed by atoms with E-state index in [4.69, 9.17) is 0 Å². The van der Waals surface area contributed by atoms with Gasteiger partial charge in [0.2, 0.25) is 5.82 Å². The summed E-state index contributed by atoms with van der Waals surface area (Å²) in [7, 11) is 0. The molecule has 0 bridgehead atoms. The SMILES string of the molecule is CCc1nc(C(=O)N(CC)C2CCNCC2)n[nH]1. The van der Waals surface area contributed by atoms with Gasteiger partial charge in [-0.1, -0.05) is 6.92 Å². The molecule has 6 heteroatoms. The number of aromatic amines is 1. The average molecular weight is 251 g/mol. The number of piperidine rings is 1. The quantitative estimate of drug-likeness (QED) is 0.821. The molecule has 0 atom stereocenters. The van der Waals surface area contributed by atoms with Crippen molar-refractivity contribution >= 4 is 5.91 Å². The number of hydrogen-bond acceptors (Lipinski definition) is 4. The molecule has 6 nitrogen and oxygen atoms in total. The van der Waals surface area contributed by atoms with E-state index in [1.165, 1.54) is 0 Å². The van der Waals surface area contributed by atoms with Crippen molar-refractivity contribution in [3.63, 3.8) is 0 Å². The van der Waals surface area contributed by atoms with Crippen molar-refractivity contribution < 1.29 is 4.79 Å². The minimum absolute atomic E-state index is 0.0552. The second kappa shape index (κ2) is 5.95. The zero-order valence-electron chi connectivity index (χ0n) is 11.1. The molecule has 1 aromatic heterocycles.